The zero-order chi connectivity index (χ0) is 13.9. The van der Waals surface area contributed by atoms with Crippen molar-refractivity contribution in [2.45, 2.75) is 19.9 Å². The largest absolute Gasteiger partial charge is 0.378 e. The van der Waals surface area contributed by atoms with Crippen LogP contribution in [0.15, 0.2) is 40.3 Å². The molecule has 3 rings (SSSR count). The van der Waals surface area contributed by atoms with Crippen molar-refractivity contribution in [3.63, 3.8) is 0 Å². The van der Waals surface area contributed by atoms with Crippen LogP contribution in [-0.4, -0.2) is 9.97 Å². The predicted octanol–water partition coefficient (Wildman–Crippen LogP) is 4.63. The van der Waals surface area contributed by atoms with E-state index in [0.717, 1.165) is 39.7 Å². The minimum Gasteiger partial charge on any atom is -0.378 e. The number of nitrogens with one attached hydrogen (secondary N) is 1. The average molecular weight is 348 g/mol. The molecule has 3 nitrogen and oxygen atoms in total. The van der Waals surface area contributed by atoms with Gasteiger partial charge in [0, 0.05) is 21.4 Å². The van der Waals surface area contributed by atoms with Gasteiger partial charge >= 0.3 is 0 Å². The van der Waals surface area contributed by atoms with E-state index in [9.17, 15) is 0 Å². The summed E-state index contributed by atoms with van der Waals surface area (Å²) in [5, 5.41) is 7.84. The molecule has 0 unspecified atom stereocenters. The standard InChI is InChI=1S/C15H14BrN3S/c1-2-14-19-12(9-20-14)8-17-13-5-3-4-10-6-11(16)7-18-15(10)13/h3-7,9,17H,2,8H2,1H3. The van der Waals surface area contributed by atoms with Crippen molar-refractivity contribution >= 4 is 43.9 Å². The summed E-state index contributed by atoms with van der Waals surface area (Å²) in [5.41, 5.74) is 3.11. The van der Waals surface area contributed by atoms with Gasteiger partial charge in [-0.3, -0.25) is 4.98 Å². The Balaban J connectivity index is 1.83. The molecule has 0 bridgehead atoms. The van der Waals surface area contributed by atoms with Crippen molar-refractivity contribution < 1.29 is 0 Å². The smallest absolute Gasteiger partial charge is 0.0934 e. The summed E-state index contributed by atoms with van der Waals surface area (Å²) in [4.78, 5) is 9.05. The molecule has 1 aromatic carbocycles. The van der Waals surface area contributed by atoms with E-state index in [1.807, 2.05) is 12.3 Å². The number of hydrogen-bond acceptors (Lipinski definition) is 4. The lowest BCUT2D eigenvalue weighted by Crippen LogP contribution is -2.01. The van der Waals surface area contributed by atoms with Gasteiger partial charge in [0.25, 0.3) is 0 Å². The van der Waals surface area contributed by atoms with Crippen LogP contribution in [0.4, 0.5) is 5.69 Å². The Labute approximate surface area is 130 Å². The quantitative estimate of drug-likeness (QED) is 0.747. The van der Waals surface area contributed by atoms with Gasteiger partial charge < -0.3 is 5.32 Å². The minimum atomic E-state index is 0.730. The lowest BCUT2D eigenvalue weighted by atomic mass is 10.2. The van der Waals surface area contributed by atoms with Gasteiger partial charge in [0.2, 0.25) is 0 Å². The number of rotatable bonds is 4. The minimum absolute atomic E-state index is 0.730. The van der Waals surface area contributed by atoms with E-state index in [4.69, 9.17) is 0 Å². The predicted molar refractivity (Wildman–Crippen MR) is 88.3 cm³/mol. The molecule has 0 radical (unpaired) electrons. The second-order valence-corrected chi connectivity index (χ2v) is 6.33. The molecule has 0 amide bonds. The first-order chi connectivity index (χ1) is 9.76. The zero-order valence-electron chi connectivity index (χ0n) is 11.1. The van der Waals surface area contributed by atoms with E-state index in [0.29, 0.717) is 0 Å². The number of aryl methyl sites for hydroxylation is 1. The molecule has 0 saturated heterocycles. The van der Waals surface area contributed by atoms with E-state index in [-0.39, 0.29) is 0 Å². The maximum Gasteiger partial charge on any atom is 0.0934 e. The van der Waals surface area contributed by atoms with E-state index >= 15 is 0 Å². The summed E-state index contributed by atoms with van der Waals surface area (Å²) in [6.07, 6.45) is 2.82. The molecule has 102 valence electrons. The SMILES string of the molecule is CCc1nc(CNc2cccc3cc(Br)cnc23)cs1. The highest BCUT2D eigenvalue weighted by Gasteiger charge is 2.04. The first kappa shape index (κ1) is 13.5. The number of thiazole rings is 1. The van der Waals surface area contributed by atoms with Gasteiger partial charge in [-0.05, 0) is 34.5 Å². The van der Waals surface area contributed by atoms with Crippen molar-refractivity contribution in [3.8, 4) is 0 Å². The molecule has 0 fully saturated rings. The molecule has 2 aromatic heterocycles. The van der Waals surface area contributed by atoms with Gasteiger partial charge in [0.05, 0.1) is 28.5 Å². The highest BCUT2D eigenvalue weighted by molar-refractivity contribution is 9.10. The summed E-state index contributed by atoms with van der Waals surface area (Å²) < 4.78 is 0.995. The molecule has 0 aliphatic carbocycles. The summed E-state index contributed by atoms with van der Waals surface area (Å²) in [5.74, 6) is 0. The van der Waals surface area contributed by atoms with Crippen LogP contribution in [0.1, 0.15) is 17.6 Å². The second-order valence-electron chi connectivity index (χ2n) is 4.47. The number of anilines is 1. The molecular formula is C15H14BrN3S. The fourth-order valence-corrected chi connectivity index (χ4v) is 3.15. The van der Waals surface area contributed by atoms with Crippen LogP contribution in [0.3, 0.4) is 0 Å². The Kier molecular flexibility index (Phi) is 3.98. The van der Waals surface area contributed by atoms with E-state index in [2.05, 4.69) is 61.7 Å². The Morgan fingerprint density at radius 1 is 1.35 bits per heavy atom. The van der Waals surface area contributed by atoms with Crippen LogP contribution in [0.25, 0.3) is 10.9 Å². The first-order valence-electron chi connectivity index (χ1n) is 6.47. The Bertz CT molecular complexity index is 739. The van der Waals surface area contributed by atoms with Gasteiger partial charge in [-0.15, -0.1) is 11.3 Å². The molecule has 5 heteroatoms. The molecule has 0 atom stereocenters. The van der Waals surface area contributed by atoms with Crippen molar-refractivity contribution in [2.24, 2.45) is 0 Å². The van der Waals surface area contributed by atoms with Crippen LogP contribution in [0.5, 0.6) is 0 Å². The van der Waals surface area contributed by atoms with E-state index in [1.165, 1.54) is 5.01 Å². The second kappa shape index (κ2) is 5.89. The number of fused-ring (bicyclic) bond motifs is 1. The van der Waals surface area contributed by atoms with Crippen LogP contribution < -0.4 is 5.32 Å². The fraction of sp³-hybridized carbons (Fsp3) is 0.200. The summed E-state index contributed by atoms with van der Waals surface area (Å²) >= 11 is 5.17. The van der Waals surface area contributed by atoms with Gasteiger partial charge in [-0.2, -0.15) is 0 Å². The number of pyridine rings is 1. The molecule has 1 N–H and O–H groups in total. The number of hydrogen-bond donors (Lipinski definition) is 1. The molecule has 0 spiro atoms. The lowest BCUT2D eigenvalue weighted by molar-refractivity contribution is 1.01. The third-order valence-corrected chi connectivity index (χ3v) is 4.51. The van der Waals surface area contributed by atoms with Crippen molar-refractivity contribution in [1.82, 2.24) is 9.97 Å². The number of nitrogens with zero attached hydrogens (tertiary/aromatic N) is 2. The molecule has 3 aromatic rings. The first-order valence-corrected chi connectivity index (χ1v) is 8.15. The van der Waals surface area contributed by atoms with Gasteiger partial charge in [-0.25, -0.2) is 4.98 Å². The van der Waals surface area contributed by atoms with E-state index < -0.39 is 0 Å². The average Bonchev–Trinajstić information content (AvgIpc) is 2.92. The zero-order valence-corrected chi connectivity index (χ0v) is 13.5. The normalized spacial score (nSPS) is 10.9. The molecule has 0 aliphatic heterocycles. The van der Waals surface area contributed by atoms with Crippen LogP contribution >= 0.6 is 27.3 Å². The van der Waals surface area contributed by atoms with E-state index in [1.54, 1.807) is 11.3 Å². The highest BCUT2D eigenvalue weighted by atomic mass is 79.9. The molecule has 2 heterocycles. The number of para-hydroxylation sites is 1. The molecular weight excluding hydrogens is 334 g/mol. The third kappa shape index (κ3) is 2.83. The van der Waals surface area contributed by atoms with Crippen molar-refractivity contribution in [2.75, 3.05) is 5.32 Å². The molecule has 20 heavy (non-hydrogen) atoms. The maximum absolute atomic E-state index is 4.57. The Morgan fingerprint density at radius 2 is 2.25 bits per heavy atom. The topological polar surface area (TPSA) is 37.8 Å². The number of benzene rings is 1. The van der Waals surface area contributed by atoms with Crippen LogP contribution in [-0.2, 0) is 13.0 Å². The number of aromatic nitrogens is 2. The lowest BCUT2D eigenvalue weighted by Gasteiger charge is -2.08. The molecule has 0 saturated carbocycles. The monoisotopic (exact) mass is 347 g/mol. The fourth-order valence-electron chi connectivity index (χ4n) is 2.05. The number of halogens is 1. The summed E-state index contributed by atoms with van der Waals surface area (Å²) in [6.45, 7) is 2.86. The van der Waals surface area contributed by atoms with Gasteiger partial charge in [-0.1, -0.05) is 19.1 Å². The third-order valence-electron chi connectivity index (χ3n) is 3.04. The van der Waals surface area contributed by atoms with Crippen molar-refractivity contribution in [1.29, 1.82) is 0 Å². The van der Waals surface area contributed by atoms with Gasteiger partial charge in [0.1, 0.15) is 0 Å². The Hall–Kier alpha value is -1.46. The molecule has 0 aliphatic rings. The van der Waals surface area contributed by atoms with Crippen LogP contribution in [0, 0.1) is 0 Å². The van der Waals surface area contributed by atoms with Crippen LogP contribution in [0.2, 0.25) is 0 Å². The highest BCUT2D eigenvalue weighted by Crippen LogP contribution is 2.24. The summed E-state index contributed by atoms with van der Waals surface area (Å²) in [7, 11) is 0. The maximum atomic E-state index is 4.57. The van der Waals surface area contributed by atoms with Crippen molar-refractivity contribution in [3.05, 3.63) is 51.0 Å². The summed E-state index contributed by atoms with van der Waals surface area (Å²) in [6, 6.07) is 8.23. The Morgan fingerprint density at radius 3 is 3.05 bits per heavy atom. The van der Waals surface area contributed by atoms with Gasteiger partial charge in [0.15, 0.2) is 0 Å².